The molecule has 1 heterocycles. The van der Waals surface area contributed by atoms with Gasteiger partial charge in [0.15, 0.2) is 17.3 Å². The highest BCUT2D eigenvalue weighted by atomic mass is 16.5. The average Bonchev–Trinajstić information content (AvgIpc) is 2.60. The van der Waals surface area contributed by atoms with Gasteiger partial charge in [-0.3, -0.25) is 4.79 Å². The fourth-order valence-corrected chi connectivity index (χ4v) is 2.76. The molecule has 7 nitrogen and oxygen atoms in total. The van der Waals surface area contributed by atoms with Crippen molar-refractivity contribution >= 4 is 17.8 Å². The largest absolute Gasteiger partial charge is 0.504 e. The van der Waals surface area contributed by atoms with E-state index in [1.807, 2.05) is 0 Å². The normalized spacial score (nSPS) is 23.6. The van der Waals surface area contributed by atoms with Crippen molar-refractivity contribution in [3.63, 3.8) is 0 Å². The van der Waals surface area contributed by atoms with Crippen LogP contribution >= 0.6 is 0 Å². The molecule has 0 aromatic heterocycles. The van der Waals surface area contributed by atoms with Gasteiger partial charge in [-0.25, -0.2) is 4.79 Å². The zero-order valence-corrected chi connectivity index (χ0v) is 15.6. The van der Waals surface area contributed by atoms with E-state index >= 15 is 0 Å². The monoisotopic (exact) mass is 376 g/mol. The second kappa shape index (κ2) is 9.23. The number of hydrogen-bond donors (Lipinski definition) is 2. The van der Waals surface area contributed by atoms with Crippen LogP contribution in [0.1, 0.15) is 42.1 Å². The van der Waals surface area contributed by atoms with Crippen LogP contribution < -0.4 is 9.47 Å². The molecule has 2 N–H and O–H groups in total. The predicted molar refractivity (Wildman–Crippen MR) is 99.1 cm³/mol. The average molecular weight is 376 g/mol. The van der Waals surface area contributed by atoms with Gasteiger partial charge in [0.1, 0.15) is 11.7 Å². The van der Waals surface area contributed by atoms with Crippen LogP contribution in [0.5, 0.6) is 17.2 Å². The lowest BCUT2D eigenvalue weighted by Gasteiger charge is -2.17. The maximum absolute atomic E-state index is 12.7. The molecule has 146 valence electrons. The minimum absolute atomic E-state index is 0.000943. The first kappa shape index (κ1) is 20.5. The summed E-state index contributed by atoms with van der Waals surface area (Å²) in [6.45, 7) is 1.68. The Morgan fingerprint density at radius 2 is 1.81 bits per heavy atom. The Bertz CT molecular complexity index is 764. The van der Waals surface area contributed by atoms with Gasteiger partial charge in [-0.05, 0) is 31.1 Å². The molecule has 0 radical (unpaired) electrons. The minimum atomic E-state index is -0.845. The Labute approximate surface area is 157 Å². The van der Waals surface area contributed by atoms with Crippen molar-refractivity contribution in [2.75, 3.05) is 14.2 Å². The van der Waals surface area contributed by atoms with E-state index in [0.717, 1.165) is 0 Å². The first-order valence-corrected chi connectivity index (χ1v) is 8.60. The van der Waals surface area contributed by atoms with Crippen molar-refractivity contribution in [2.45, 2.75) is 38.4 Å². The number of carbonyl (C=O) groups is 2. The Hall–Kier alpha value is -2.80. The second-order valence-electron chi connectivity index (χ2n) is 6.24. The van der Waals surface area contributed by atoms with Crippen LogP contribution in [0.2, 0.25) is 0 Å². The Balaban J connectivity index is 2.52. The van der Waals surface area contributed by atoms with Gasteiger partial charge in [0, 0.05) is 12.8 Å². The Morgan fingerprint density at radius 3 is 2.48 bits per heavy atom. The SMILES string of the molecule is COc1cc2c(c(O)c1OC)C(=O)O[C@@H](C)C/C=C\C(=O)C[C@@H](O)C/C=C/2. The molecule has 0 saturated heterocycles. The summed E-state index contributed by atoms with van der Waals surface area (Å²) in [7, 11) is 2.77. The van der Waals surface area contributed by atoms with Gasteiger partial charge in [0.05, 0.1) is 20.3 Å². The maximum atomic E-state index is 12.7. The van der Waals surface area contributed by atoms with E-state index in [0.29, 0.717) is 12.0 Å². The molecule has 0 fully saturated rings. The van der Waals surface area contributed by atoms with Crippen molar-refractivity contribution in [3.05, 3.63) is 35.4 Å². The van der Waals surface area contributed by atoms with Crippen LogP contribution in [0.25, 0.3) is 6.08 Å². The number of phenols is 1. The number of benzene rings is 1. The molecular weight excluding hydrogens is 352 g/mol. The summed E-state index contributed by atoms with van der Waals surface area (Å²) in [5.74, 6) is -1.03. The molecule has 1 aromatic rings. The number of aliphatic hydroxyl groups excluding tert-OH is 1. The molecule has 0 aliphatic carbocycles. The van der Waals surface area contributed by atoms with E-state index in [-0.39, 0.29) is 41.4 Å². The number of rotatable bonds is 2. The van der Waals surface area contributed by atoms with E-state index in [1.54, 1.807) is 31.2 Å². The second-order valence-corrected chi connectivity index (χ2v) is 6.24. The summed E-state index contributed by atoms with van der Waals surface area (Å²) in [6.07, 6.45) is 5.34. The van der Waals surface area contributed by atoms with Gasteiger partial charge >= 0.3 is 5.97 Å². The number of cyclic esters (lactones) is 1. The molecule has 7 heteroatoms. The topological polar surface area (TPSA) is 102 Å². The summed E-state index contributed by atoms with van der Waals surface area (Å²) in [5, 5.41) is 20.5. The third kappa shape index (κ3) is 5.10. The summed E-state index contributed by atoms with van der Waals surface area (Å²) in [5.41, 5.74) is 0.302. The number of ether oxygens (including phenoxy) is 3. The van der Waals surface area contributed by atoms with Gasteiger partial charge in [-0.15, -0.1) is 0 Å². The number of aliphatic hydroxyl groups is 1. The van der Waals surface area contributed by atoms with E-state index in [4.69, 9.17) is 14.2 Å². The molecule has 0 saturated carbocycles. The summed E-state index contributed by atoms with van der Waals surface area (Å²) in [6, 6.07) is 1.54. The Kier molecular flexibility index (Phi) is 7.01. The van der Waals surface area contributed by atoms with Crippen LogP contribution in [0, 0.1) is 0 Å². The molecule has 2 rings (SSSR count). The number of allylic oxidation sites excluding steroid dienone is 1. The quantitative estimate of drug-likeness (QED) is 0.765. The molecule has 1 aliphatic rings. The number of hydrogen-bond acceptors (Lipinski definition) is 7. The molecule has 0 unspecified atom stereocenters. The number of carbonyl (C=O) groups excluding carboxylic acids is 2. The van der Waals surface area contributed by atoms with E-state index in [1.165, 1.54) is 20.3 Å². The number of methoxy groups -OCH3 is 2. The molecule has 1 aromatic carbocycles. The number of esters is 1. The van der Waals surface area contributed by atoms with Gasteiger partial charge in [-0.2, -0.15) is 0 Å². The standard InChI is InChI=1S/C20H24O7/c1-12-6-4-8-14(21)11-15(22)9-5-7-13-10-16(25-2)19(26-3)18(23)17(13)20(24)27-12/h4-5,7-8,10,12,15,22-23H,6,9,11H2,1-3H3/b7-5+,8-4-/t12-,15-/m0/s1. The summed E-state index contributed by atoms with van der Waals surface area (Å²) >= 11 is 0. The van der Waals surface area contributed by atoms with E-state index in [9.17, 15) is 19.8 Å². The van der Waals surface area contributed by atoms with Crippen LogP contribution in [0.3, 0.4) is 0 Å². The van der Waals surface area contributed by atoms with Crippen LogP contribution in [0.15, 0.2) is 24.3 Å². The highest BCUT2D eigenvalue weighted by Crippen LogP contribution is 2.42. The third-order valence-electron chi connectivity index (χ3n) is 4.10. The zero-order valence-electron chi connectivity index (χ0n) is 15.6. The fourth-order valence-electron chi connectivity index (χ4n) is 2.76. The molecular formula is C20H24O7. The smallest absolute Gasteiger partial charge is 0.342 e. The molecule has 27 heavy (non-hydrogen) atoms. The fraction of sp³-hybridized carbons (Fsp3) is 0.400. The first-order valence-electron chi connectivity index (χ1n) is 8.60. The highest BCUT2D eigenvalue weighted by molar-refractivity contribution is 5.98. The van der Waals surface area contributed by atoms with Crippen molar-refractivity contribution in [1.82, 2.24) is 0 Å². The zero-order chi connectivity index (χ0) is 20.0. The molecule has 0 amide bonds. The van der Waals surface area contributed by atoms with E-state index in [2.05, 4.69) is 0 Å². The van der Waals surface area contributed by atoms with Crippen molar-refractivity contribution < 1.29 is 34.0 Å². The number of fused-ring (bicyclic) bond motifs is 1. The number of phenolic OH excluding ortho intramolecular Hbond substituents is 1. The van der Waals surface area contributed by atoms with Gasteiger partial charge < -0.3 is 24.4 Å². The molecule has 1 aliphatic heterocycles. The number of aromatic hydroxyl groups is 1. The van der Waals surface area contributed by atoms with Crippen LogP contribution in [-0.2, 0) is 9.53 Å². The van der Waals surface area contributed by atoms with Crippen LogP contribution in [0.4, 0.5) is 0 Å². The van der Waals surface area contributed by atoms with Crippen LogP contribution in [-0.4, -0.2) is 48.4 Å². The van der Waals surface area contributed by atoms with Gasteiger partial charge in [0.2, 0.25) is 5.75 Å². The molecule has 0 spiro atoms. The van der Waals surface area contributed by atoms with E-state index < -0.39 is 18.2 Å². The lowest BCUT2D eigenvalue weighted by Crippen LogP contribution is -2.16. The first-order chi connectivity index (χ1) is 12.9. The molecule has 2 atom stereocenters. The van der Waals surface area contributed by atoms with Crippen molar-refractivity contribution in [1.29, 1.82) is 0 Å². The minimum Gasteiger partial charge on any atom is -0.504 e. The summed E-state index contributed by atoms with van der Waals surface area (Å²) < 4.78 is 15.8. The Morgan fingerprint density at radius 1 is 1.11 bits per heavy atom. The number of ketones is 1. The molecule has 0 bridgehead atoms. The van der Waals surface area contributed by atoms with Crippen molar-refractivity contribution in [2.24, 2.45) is 0 Å². The predicted octanol–water partition coefficient (Wildman–Crippen LogP) is 2.64. The summed E-state index contributed by atoms with van der Waals surface area (Å²) in [4.78, 5) is 24.4. The van der Waals surface area contributed by atoms with Gasteiger partial charge in [-0.1, -0.05) is 18.2 Å². The maximum Gasteiger partial charge on any atom is 0.342 e. The third-order valence-corrected chi connectivity index (χ3v) is 4.10. The van der Waals surface area contributed by atoms with Gasteiger partial charge in [0.25, 0.3) is 0 Å². The lowest BCUT2D eigenvalue weighted by atomic mass is 10.0. The highest BCUT2D eigenvalue weighted by Gasteiger charge is 2.25. The van der Waals surface area contributed by atoms with Crippen molar-refractivity contribution in [3.8, 4) is 17.2 Å². The lowest BCUT2D eigenvalue weighted by molar-refractivity contribution is -0.116.